The first-order valence-electron chi connectivity index (χ1n) is 4.70. The monoisotopic (exact) mass is 196 g/mol. The lowest BCUT2D eigenvalue weighted by Crippen LogP contribution is -2.10. The Balaban J connectivity index is 1.80. The van der Waals surface area contributed by atoms with Crippen LogP contribution in [0.15, 0.2) is 24.3 Å². The highest BCUT2D eigenvalue weighted by Crippen LogP contribution is 2.29. The molecule has 1 heterocycles. The number of benzene rings is 1. The van der Waals surface area contributed by atoms with Gasteiger partial charge >= 0.3 is 0 Å². The van der Waals surface area contributed by atoms with E-state index in [0.717, 1.165) is 13.0 Å². The zero-order valence-corrected chi connectivity index (χ0v) is 8.13. The average molecular weight is 196 g/mol. The Morgan fingerprint density at radius 1 is 1.57 bits per heavy atom. The van der Waals surface area contributed by atoms with E-state index in [2.05, 4.69) is 0 Å². The topological polar surface area (TPSA) is 21.8 Å². The van der Waals surface area contributed by atoms with Gasteiger partial charge in [0.1, 0.15) is 11.6 Å². The minimum Gasteiger partial charge on any atom is -0.493 e. The van der Waals surface area contributed by atoms with Gasteiger partial charge in [0.05, 0.1) is 18.8 Å². The number of rotatable bonds is 4. The number of halogens is 1. The highest BCUT2D eigenvalue weighted by molar-refractivity contribution is 5.22. The van der Waals surface area contributed by atoms with Crippen LogP contribution in [0.5, 0.6) is 5.75 Å². The molecule has 1 aliphatic rings. The molecule has 1 aromatic carbocycles. The molecule has 1 fully saturated rings. The molecule has 0 amide bonds. The average Bonchev–Trinajstić information content (AvgIpc) is 2.84. The van der Waals surface area contributed by atoms with Crippen molar-refractivity contribution in [3.8, 4) is 5.75 Å². The Bertz CT molecular complexity index is 321. The summed E-state index contributed by atoms with van der Waals surface area (Å²) in [6.07, 6.45) is 0.851. The van der Waals surface area contributed by atoms with E-state index in [-0.39, 0.29) is 11.4 Å². The third-order valence-electron chi connectivity index (χ3n) is 2.33. The van der Waals surface area contributed by atoms with E-state index in [9.17, 15) is 4.39 Å². The Morgan fingerprint density at radius 2 is 2.36 bits per heavy atom. The molecule has 2 nitrogen and oxygen atoms in total. The summed E-state index contributed by atoms with van der Waals surface area (Å²) in [6, 6.07) is 6.17. The molecule has 0 spiro atoms. The molecule has 0 bridgehead atoms. The SMILES string of the molecule is CC1(CCOc2cccc(F)c2)CO1. The summed E-state index contributed by atoms with van der Waals surface area (Å²) in [5, 5.41) is 0. The summed E-state index contributed by atoms with van der Waals surface area (Å²) in [4.78, 5) is 0. The fraction of sp³-hybridized carbons (Fsp3) is 0.455. The van der Waals surface area contributed by atoms with Crippen molar-refractivity contribution in [2.75, 3.05) is 13.2 Å². The molecule has 1 saturated heterocycles. The highest BCUT2D eigenvalue weighted by atomic mass is 19.1. The lowest BCUT2D eigenvalue weighted by Gasteiger charge is -2.07. The second kappa shape index (κ2) is 3.58. The van der Waals surface area contributed by atoms with Crippen molar-refractivity contribution in [1.29, 1.82) is 0 Å². The van der Waals surface area contributed by atoms with Crippen LogP contribution in [0.25, 0.3) is 0 Å². The highest BCUT2D eigenvalue weighted by Gasteiger charge is 2.38. The van der Waals surface area contributed by atoms with Gasteiger partial charge in [0.25, 0.3) is 0 Å². The van der Waals surface area contributed by atoms with E-state index >= 15 is 0 Å². The second-order valence-electron chi connectivity index (χ2n) is 3.79. The number of hydrogen-bond donors (Lipinski definition) is 0. The fourth-order valence-corrected chi connectivity index (χ4v) is 1.21. The first-order chi connectivity index (χ1) is 6.68. The first kappa shape index (κ1) is 9.46. The van der Waals surface area contributed by atoms with Gasteiger partial charge in [-0.25, -0.2) is 4.39 Å². The zero-order chi connectivity index (χ0) is 10.0. The van der Waals surface area contributed by atoms with Crippen molar-refractivity contribution in [3.05, 3.63) is 30.1 Å². The van der Waals surface area contributed by atoms with Gasteiger partial charge in [0.15, 0.2) is 0 Å². The largest absolute Gasteiger partial charge is 0.493 e. The molecule has 2 rings (SSSR count). The van der Waals surface area contributed by atoms with Crippen LogP contribution in [0.1, 0.15) is 13.3 Å². The van der Waals surface area contributed by atoms with E-state index in [1.807, 2.05) is 6.92 Å². The van der Waals surface area contributed by atoms with E-state index < -0.39 is 0 Å². The lowest BCUT2D eigenvalue weighted by molar-refractivity contribution is 0.238. The Hall–Kier alpha value is -1.09. The van der Waals surface area contributed by atoms with E-state index in [4.69, 9.17) is 9.47 Å². The zero-order valence-electron chi connectivity index (χ0n) is 8.13. The van der Waals surface area contributed by atoms with Crippen molar-refractivity contribution in [2.45, 2.75) is 18.9 Å². The normalized spacial score (nSPS) is 24.7. The summed E-state index contributed by atoms with van der Waals surface area (Å²) in [5.41, 5.74) is 0.00727. The van der Waals surface area contributed by atoms with Crippen LogP contribution < -0.4 is 4.74 Å². The van der Waals surface area contributed by atoms with Crippen LogP contribution in [-0.4, -0.2) is 18.8 Å². The molecule has 0 aromatic heterocycles. The maximum absolute atomic E-state index is 12.7. The van der Waals surface area contributed by atoms with Crippen molar-refractivity contribution >= 4 is 0 Å². The van der Waals surface area contributed by atoms with Gasteiger partial charge in [-0.2, -0.15) is 0 Å². The van der Waals surface area contributed by atoms with Crippen molar-refractivity contribution in [1.82, 2.24) is 0 Å². The Morgan fingerprint density at radius 3 is 3.00 bits per heavy atom. The maximum Gasteiger partial charge on any atom is 0.126 e. The van der Waals surface area contributed by atoms with Crippen LogP contribution in [0.4, 0.5) is 4.39 Å². The molecule has 76 valence electrons. The van der Waals surface area contributed by atoms with Gasteiger partial charge in [0, 0.05) is 12.5 Å². The first-order valence-corrected chi connectivity index (χ1v) is 4.70. The van der Waals surface area contributed by atoms with Crippen LogP contribution in [-0.2, 0) is 4.74 Å². The van der Waals surface area contributed by atoms with Crippen molar-refractivity contribution < 1.29 is 13.9 Å². The van der Waals surface area contributed by atoms with Gasteiger partial charge in [-0.05, 0) is 19.1 Å². The number of ether oxygens (including phenoxy) is 2. The van der Waals surface area contributed by atoms with Gasteiger partial charge in [-0.3, -0.25) is 0 Å². The molecule has 0 N–H and O–H groups in total. The molecular weight excluding hydrogens is 183 g/mol. The molecule has 1 atom stereocenters. The van der Waals surface area contributed by atoms with Crippen molar-refractivity contribution in [2.24, 2.45) is 0 Å². The molecule has 0 radical (unpaired) electrons. The van der Waals surface area contributed by atoms with Gasteiger partial charge in [-0.15, -0.1) is 0 Å². The predicted molar refractivity (Wildman–Crippen MR) is 50.9 cm³/mol. The third kappa shape index (κ3) is 2.45. The lowest BCUT2D eigenvalue weighted by atomic mass is 10.1. The minimum atomic E-state index is -0.267. The molecule has 0 aliphatic carbocycles. The number of epoxide rings is 1. The summed E-state index contributed by atoms with van der Waals surface area (Å²) < 4.78 is 23.3. The van der Waals surface area contributed by atoms with E-state index in [0.29, 0.717) is 12.4 Å². The summed E-state index contributed by atoms with van der Waals surface area (Å²) in [7, 11) is 0. The fourth-order valence-electron chi connectivity index (χ4n) is 1.21. The third-order valence-corrected chi connectivity index (χ3v) is 2.33. The second-order valence-corrected chi connectivity index (χ2v) is 3.79. The Labute approximate surface area is 82.6 Å². The molecule has 1 unspecified atom stereocenters. The maximum atomic E-state index is 12.7. The Kier molecular flexibility index (Phi) is 2.42. The molecule has 14 heavy (non-hydrogen) atoms. The summed E-state index contributed by atoms with van der Waals surface area (Å²) in [6.45, 7) is 3.42. The molecule has 0 saturated carbocycles. The van der Waals surface area contributed by atoms with Gasteiger partial charge in [0.2, 0.25) is 0 Å². The van der Waals surface area contributed by atoms with Crippen LogP contribution in [0, 0.1) is 5.82 Å². The predicted octanol–water partition coefficient (Wildman–Crippen LogP) is 2.38. The standard InChI is InChI=1S/C11H13FO2/c1-11(8-14-11)5-6-13-10-4-2-3-9(12)7-10/h2-4,7H,5-6,8H2,1H3. The van der Waals surface area contributed by atoms with E-state index in [1.165, 1.54) is 12.1 Å². The quantitative estimate of drug-likeness (QED) is 0.689. The molecule has 1 aliphatic heterocycles. The smallest absolute Gasteiger partial charge is 0.126 e. The van der Waals surface area contributed by atoms with Crippen LogP contribution >= 0.6 is 0 Å². The summed E-state index contributed by atoms with van der Waals surface area (Å²) in [5.74, 6) is 0.311. The van der Waals surface area contributed by atoms with E-state index in [1.54, 1.807) is 12.1 Å². The molecule has 1 aromatic rings. The van der Waals surface area contributed by atoms with Crippen molar-refractivity contribution in [3.63, 3.8) is 0 Å². The molecular formula is C11H13FO2. The van der Waals surface area contributed by atoms with Crippen LogP contribution in [0.2, 0.25) is 0 Å². The van der Waals surface area contributed by atoms with Gasteiger partial charge < -0.3 is 9.47 Å². The van der Waals surface area contributed by atoms with Crippen LogP contribution in [0.3, 0.4) is 0 Å². The van der Waals surface area contributed by atoms with Gasteiger partial charge in [-0.1, -0.05) is 6.07 Å². The molecule has 3 heteroatoms. The summed E-state index contributed by atoms with van der Waals surface area (Å²) >= 11 is 0. The number of hydrogen-bond acceptors (Lipinski definition) is 2. The minimum absolute atomic E-state index is 0.00727.